The zero-order chi connectivity index (χ0) is 22.3. The third-order valence-corrected chi connectivity index (χ3v) is 3.49. The molecule has 2 aromatic rings. The largest absolute Gasteiger partial charge is 0.493 e. The van der Waals surface area contributed by atoms with Crippen molar-refractivity contribution in [2.45, 2.75) is 19.8 Å². The Morgan fingerprint density at radius 3 is 2.03 bits per heavy atom. The average Bonchev–Trinajstić information content (AvgIpc) is 2.65. The number of hydrogen-bond donors (Lipinski definition) is 0. The van der Waals surface area contributed by atoms with Crippen molar-refractivity contribution in [1.29, 1.82) is 0 Å². The minimum Gasteiger partial charge on any atom is -0.493 e. The third kappa shape index (κ3) is 6.61. The summed E-state index contributed by atoms with van der Waals surface area (Å²) in [6, 6.07) is 6.56. The summed E-state index contributed by atoms with van der Waals surface area (Å²) in [5, 5.41) is 0. The molecule has 0 aliphatic rings. The highest BCUT2D eigenvalue weighted by molar-refractivity contribution is 6.08. The van der Waals surface area contributed by atoms with E-state index < -0.39 is 37.1 Å². The highest BCUT2D eigenvalue weighted by atomic mass is 19.3. The molecule has 0 saturated heterocycles. The van der Waals surface area contributed by atoms with Crippen molar-refractivity contribution in [3.63, 3.8) is 0 Å². The highest BCUT2D eigenvalue weighted by Gasteiger charge is 2.17. The van der Waals surface area contributed by atoms with Crippen molar-refractivity contribution in [3.05, 3.63) is 53.6 Å². The van der Waals surface area contributed by atoms with Crippen molar-refractivity contribution < 1.29 is 50.1 Å². The number of carbonyl (C=O) groups is 1. The lowest BCUT2D eigenvalue weighted by Gasteiger charge is -2.11. The van der Waals surface area contributed by atoms with Gasteiger partial charge >= 0.3 is 19.8 Å². The maximum absolute atomic E-state index is 12.6. The third-order valence-electron chi connectivity index (χ3n) is 3.49. The molecule has 0 aliphatic heterocycles. The van der Waals surface area contributed by atoms with E-state index in [4.69, 9.17) is 4.74 Å². The van der Waals surface area contributed by atoms with E-state index in [9.17, 15) is 31.1 Å². The van der Waals surface area contributed by atoms with Gasteiger partial charge in [0.15, 0.2) is 17.3 Å². The van der Waals surface area contributed by atoms with Crippen LogP contribution >= 0.6 is 0 Å². The van der Waals surface area contributed by atoms with Crippen LogP contribution < -0.4 is 18.9 Å². The molecule has 0 heterocycles. The molecule has 0 unspecified atom stereocenters. The van der Waals surface area contributed by atoms with Gasteiger partial charge in [-0.3, -0.25) is 4.79 Å². The number of ketones is 1. The van der Waals surface area contributed by atoms with Crippen LogP contribution in [0, 0.1) is 0 Å². The maximum atomic E-state index is 12.6. The van der Waals surface area contributed by atoms with E-state index in [2.05, 4.69) is 14.2 Å². The van der Waals surface area contributed by atoms with Crippen LogP contribution in [0.15, 0.2) is 42.5 Å². The fourth-order valence-corrected chi connectivity index (χ4v) is 2.32. The van der Waals surface area contributed by atoms with Crippen molar-refractivity contribution in [2.24, 2.45) is 0 Å². The molecule has 162 valence electrons. The SMILES string of the molecule is COc1cc(/C=C/C(=O)c2ccc(OC(F)F)cc2OC(F)F)ccc1OC(F)F. The maximum Gasteiger partial charge on any atom is 0.387 e. The summed E-state index contributed by atoms with van der Waals surface area (Å²) in [5.41, 5.74) is 0.00795. The van der Waals surface area contributed by atoms with Crippen molar-refractivity contribution >= 4 is 11.9 Å². The lowest BCUT2D eigenvalue weighted by Crippen LogP contribution is -2.08. The normalized spacial score (nSPS) is 11.4. The Balaban J connectivity index is 2.26. The first-order valence-corrected chi connectivity index (χ1v) is 8.08. The van der Waals surface area contributed by atoms with Gasteiger partial charge in [-0.2, -0.15) is 26.3 Å². The first-order valence-electron chi connectivity index (χ1n) is 8.08. The molecule has 0 atom stereocenters. The lowest BCUT2D eigenvalue weighted by atomic mass is 10.1. The molecule has 0 radical (unpaired) electrons. The first-order chi connectivity index (χ1) is 14.2. The topological polar surface area (TPSA) is 54.0 Å². The average molecular weight is 436 g/mol. The molecule has 30 heavy (non-hydrogen) atoms. The van der Waals surface area contributed by atoms with Crippen LogP contribution in [0.25, 0.3) is 6.08 Å². The van der Waals surface area contributed by atoms with Crippen LogP contribution in [-0.4, -0.2) is 32.7 Å². The summed E-state index contributed by atoms with van der Waals surface area (Å²) in [6.45, 7) is -9.57. The number of methoxy groups -OCH3 is 1. The Hall–Kier alpha value is -3.37. The fourth-order valence-electron chi connectivity index (χ4n) is 2.32. The molecule has 2 aromatic carbocycles. The van der Waals surface area contributed by atoms with Gasteiger partial charge in [-0.05, 0) is 35.9 Å². The molecule has 11 heteroatoms. The number of hydrogen-bond acceptors (Lipinski definition) is 5. The molecule has 5 nitrogen and oxygen atoms in total. The zero-order valence-corrected chi connectivity index (χ0v) is 15.2. The van der Waals surface area contributed by atoms with Crippen LogP contribution in [0.2, 0.25) is 0 Å². The van der Waals surface area contributed by atoms with Crippen molar-refractivity contribution in [3.8, 4) is 23.0 Å². The van der Waals surface area contributed by atoms with Crippen molar-refractivity contribution in [1.82, 2.24) is 0 Å². The van der Waals surface area contributed by atoms with Crippen LogP contribution in [0.5, 0.6) is 23.0 Å². The van der Waals surface area contributed by atoms with Gasteiger partial charge in [-0.1, -0.05) is 12.1 Å². The molecular formula is C19H14F6O5. The van der Waals surface area contributed by atoms with Gasteiger partial charge in [0, 0.05) is 6.07 Å². The summed E-state index contributed by atoms with van der Waals surface area (Å²) < 4.78 is 92.0. The molecule has 0 aliphatic carbocycles. The van der Waals surface area contributed by atoms with Gasteiger partial charge in [0.25, 0.3) is 0 Å². The summed E-state index contributed by atoms with van der Waals surface area (Å²) >= 11 is 0. The van der Waals surface area contributed by atoms with Crippen LogP contribution in [0.4, 0.5) is 26.3 Å². The number of ether oxygens (including phenoxy) is 4. The summed E-state index contributed by atoms with van der Waals surface area (Å²) in [7, 11) is 1.23. The second-order valence-electron chi connectivity index (χ2n) is 5.40. The molecule has 0 spiro atoms. The zero-order valence-electron chi connectivity index (χ0n) is 15.2. The van der Waals surface area contributed by atoms with E-state index in [1.165, 1.54) is 31.4 Å². The Labute approximate surface area is 166 Å². The molecule has 0 saturated carbocycles. The Morgan fingerprint density at radius 1 is 0.800 bits per heavy atom. The lowest BCUT2D eigenvalue weighted by molar-refractivity contribution is -0.0546. The molecule has 2 rings (SSSR count). The van der Waals surface area contributed by atoms with E-state index in [1.807, 2.05) is 0 Å². The predicted octanol–water partition coefficient (Wildman–Crippen LogP) is 5.40. The highest BCUT2D eigenvalue weighted by Crippen LogP contribution is 2.31. The minimum absolute atomic E-state index is 0.0277. The number of alkyl halides is 6. The predicted molar refractivity (Wildman–Crippen MR) is 92.7 cm³/mol. The molecule has 0 N–H and O–H groups in total. The molecule has 0 aromatic heterocycles. The number of halogens is 6. The summed E-state index contributed by atoms with van der Waals surface area (Å²) in [5.74, 6) is -2.17. The van der Waals surface area contributed by atoms with Crippen molar-refractivity contribution in [2.75, 3.05) is 7.11 Å². The number of allylic oxidation sites excluding steroid dienone is 1. The van der Waals surface area contributed by atoms with E-state index in [1.54, 1.807) is 0 Å². The van der Waals surface area contributed by atoms with Crippen LogP contribution in [0.3, 0.4) is 0 Å². The van der Waals surface area contributed by atoms with E-state index in [0.29, 0.717) is 5.56 Å². The van der Waals surface area contributed by atoms with Gasteiger partial charge in [-0.15, -0.1) is 0 Å². The van der Waals surface area contributed by atoms with E-state index in [-0.39, 0.29) is 17.1 Å². The second-order valence-corrected chi connectivity index (χ2v) is 5.40. The summed E-state index contributed by atoms with van der Waals surface area (Å²) in [6.07, 6.45) is 2.25. The number of carbonyl (C=O) groups excluding carboxylic acids is 1. The minimum atomic E-state index is -3.31. The van der Waals surface area contributed by atoms with Gasteiger partial charge < -0.3 is 18.9 Å². The molecule has 0 amide bonds. The fraction of sp³-hybridized carbons (Fsp3) is 0.211. The van der Waals surface area contributed by atoms with Gasteiger partial charge in [0.2, 0.25) is 0 Å². The van der Waals surface area contributed by atoms with Gasteiger partial charge in [-0.25, -0.2) is 0 Å². The molecular weight excluding hydrogens is 422 g/mol. The van der Waals surface area contributed by atoms with Crippen LogP contribution in [0.1, 0.15) is 15.9 Å². The summed E-state index contributed by atoms with van der Waals surface area (Å²) in [4.78, 5) is 12.4. The monoisotopic (exact) mass is 436 g/mol. The quantitative estimate of drug-likeness (QED) is 0.284. The van der Waals surface area contributed by atoms with Gasteiger partial charge in [0.1, 0.15) is 11.5 Å². The number of rotatable bonds is 10. The Kier molecular flexibility index (Phi) is 7.96. The number of benzene rings is 2. The first kappa shape index (κ1) is 22.9. The molecule has 0 bridgehead atoms. The Bertz CT molecular complexity index is 901. The standard InChI is InChI=1S/C19H14F6O5/c1-27-16-8-10(3-7-14(16)29-18(22)23)2-6-13(26)12-5-4-11(28-17(20)21)9-15(12)30-19(24)25/h2-9,17-19H,1H3/b6-2+. The van der Waals surface area contributed by atoms with Gasteiger partial charge in [0.05, 0.1) is 12.7 Å². The molecule has 0 fully saturated rings. The second kappa shape index (κ2) is 10.4. The smallest absolute Gasteiger partial charge is 0.387 e. The van der Waals surface area contributed by atoms with Crippen LogP contribution in [-0.2, 0) is 0 Å². The van der Waals surface area contributed by atoms with E-state index >= 15 is 0 Å². The van der Waals surface area contributed by atoms with E-state index in [0.717, 1.165) is 24.3 Å². The Morgan fingerprint density at radius 2 is 1.43 bits per heavy atom.